The highest BCUT2D eigenvalue weighted by Crippen LogP contribution is 2.55. The molecule has 2 aliphatic rings. The fourth-order valence-electron chi connectivity index (χ4n) is 4.62. The summed E-state index contributed by atoms with van der Waals surface area (Å²) in [4.78, 5) is 15.0. The molecule has 0 spiro atoms. The van der Waals surface area contributed by atoms with Gasteiger partial charge >= 0.3 is 6.18 Å². The van der Waals surface area contributed by atoms with E-state index in [0.717, 1.165) is 12.8 Å². The first-order valence-corrected chi connectivity index (χ1v) is 9.38. The second-order valence-electron chi connectivity index (χ2n) is 8.01. The lowest BCUT2D eigenvalue weighted by atomic mass is 9.88. The number of fused-ring (bicyclic) bond motifs is 3. The number of carbonyl (C=O) groups excluding carboxylic acids is 1. The largest absolute Gasteiger partial charge is 0.425 e. The Labute approximate surface area is 161 Å². The molecule has 4 rings (SSSR count). The first-order chi connectivity index (χ1) is 13.1. The molecule has 1 N–H and O–H groups in total. The molecule has 0 aliphatic heterocycles. The molecule has 2 aromatic rings. The second-order valence-corrected chi connectivity index (χ2v) is 8.01. The van der Waals surface area contributed by atoms with Crippen LogP contribution in [0.3, 0.4) is 0 Å². The molecule has 2 aliphatic carbocycles. The van der Waals surface area contributed by atoms with Crippen LogP contribution in [0.4, 0.5) is 13.2 Å². The third-order valence-corrected chi connectivity index (χ3v) is 6.22. The van der Waals surface area contributed by atoms with E-state index < -0.39 is 11.8 Å². The predicted octanol–water partition coefficient (Wildman–Crippen LogP) is 4.38. The summed E-state index contributed by atoms with van der Waals surface area (Å²) < 4.78 is 41.8. The van der Waals surface area contributed by atoms with Crippen LogP contribution in [0.25, 0.3) is 11.1 Å². The first-order valence-electron chi connectivity index (χ1n) is 9.38. The summed E-state index contributed by atoms with van der Waals surface area (Å²) in [6, 6.07) is 10.7. The van der Waals surface area contributed by atoms with Crippen molar-refractivity contribution in [1.29, 1.82) is 0 Å². The Balaban J connectivity index is 1.76. The van der Waals surface area contributed by atoms with Crippen LogP contribution < -0.4 is 0 Å². The number of benzene rings is 2. The van der Waals surface area contributed by atoms with Gasteiger partial charge in [0.05, 0.1) is 0 Å². The maximum atomic E-state index is 13.9. The van der Waals surface area contributed by atoms with Gasteiger partial charge in [-0.2, -0.15) is 13.2 Å². The molecule has 6 heteroatoms. The van der Waals surface area contributed by atoms with Crippen molar-refractivity contribution in [3.63, 3.8) is 0 Å². The Morgan fingerprint density at radius 3 is 2.39 bits per heavy atom. The summed E-state index contributed by atoms with van der Waals surface area (Å²) >= 11 is 0. The molecule has 0 heterocycles. The molecule has 0 saturated heterocycles. The number of nitrogens with zero attached hydrogens (tertiary/aromatic N) is 1. The normalized spacial score (nSPS) is 26.4. The molecule has 0 amide bonds. The highest BCUT2D eigenvalue weighted by molar-refractivity contribution is 5.99. The number of hydrogen-bond donors (Lipinski definition) is 1. The quantitative estimate of drug-likeness (QED) is 0.792. The van der Waals surface area contributed by atoms with Gasteiger partial charge in [-0.1, -0.05) is 36.4 Å². The molecule has 3 nitrogen and oxygen atoms in total. The minimum absolute atomic E-state index is 0.146. The molecule has 0 bridgehead atoms. The maximum absolute atomic E-state index is 13.9. The lowest BCUT2D eigenvalue weighted by Gasteiger charge is -2.28. The number of carbonyl (C=O) groups is 1. The van der Waals surface area contributed by atoms with Gasteiger partial charge in [0.1, 0.15) is 0 Å². The summed E-state index contributed by atoms with van der Waals surface area (Å²) in [5.41, 5.74) is -2.63. The average molecular weight is 389 g/mol. The van der Waals surface area contributed by atoms with Crippen LogP contribution in [-0.2, 0) is 5.60 Å². The summed E-state index contributed by atoms with van der Waals surface area (Å²) in [6.45, 7) is 0. The van der Waals surface area contributed by atoms with Crippen LogP contribution in [0.5, 0.6) is 0 Å². The van der Waals surface area contributed by atoms with Crippen molar-refractivity contribution < 1.29 is 23.1 Å². The van der Waals surface area contributed by atoms with Crippen LogP contribution in [-0.4, -0.2) is 42.1 Å². The van der Waals surface area contributed by atoms with E-state index in [1.165, 1.54) is 24.3 Å². The van der Waals surface area contributed by atoms with Gasteiger partial charge in [-0.25, -0.2) is 0 Å². The Morgan fingerprint density at radius 2 is 1.75 bits per heavy atom. The molecule has 1 saturated carbocycles. The van der Waals surface area contributed by atoms with E-state index >= 15 is 0 Å². The number of halogens is 3. The van der Waals surface area contributed by atoms with Crippen molar-refractivity contribution in [3.8, 4) is 11.1 Å². The summed E-state index contributed by atoms with van der Waals surface area (Å²) in [5.74, 6) is -0.346. The van der Waals surface area contributed by atoms with Crippen LogP contribution in [0.15, 0.2) is 42.5 Å². The Hall–Kier alpha value is -2.18. The Bertz CT molecular complexity index is 938. The van der Waals surface area contributed by atoms with Gasteiger partial charge in [0.2, 0.25) is 5.60 Å². The molecule has 2 aromatic carbocycles. The van der Waals surface area contributed by atoms with Crippen LogP contribution >= 0.6 is 0 Å². The van der Waals surface area contributed by atoms with Crippen LogP contribution in [0.2, 0.25) is 0 Å². The lowest BCUT2D eigenvalue weighted by molar-refractivity contribution is -0.246. The van der Waals surface area contributed by atoms with E-state index in [9.17, 15) is 23.1 Å². The van der Waals surface area contributed by atoms with E-state index in [2.05, 4.69) is 4.90 Å². The number of Topliss-reactive ketones (excluding diaryl/α,β-unsaturated/α-hetero) is 1. The smallest absolute Gasteiger partial charge is 0.372 e. The van der Waals surface area contributed by atoms with Gasteiger partial charge in [0, 0.05) is 28.7 Å². The minimum atomic E-state index is -4.89. The molecule has 0 radical (unpaired) electrons. The minimum Gasteiger partial charge on any atom is -0.372 e. The molecule has 28 heavy (non-hydrogen) atoms. The fraction of sp³-hybridized carbons (Fsp3) is 0.409. The van der Waals surface area contributed by atoms with Crippen molar-refractivity contribution in [2.45, 2.75) is 37.1 Å². The fourth-order valence-corrected chi connectivity index (χ4v) is 4.62. The molecule has 3 unspecified atom stereocenters. The monoisotopic (exact) mass is 389 g/mol. The number of hydrogen-bond acceptors (Lipinski definition) is 3. The van der Waals surface area contributed by atoms with Gasteiger partial charge in [-0.15, -0.1) is 0 Å². The Morgan fingerprint density at radius 1 is 1.07 bits per heavy atom. The topological polar surface area (TPSA) is 40.5 Å². The Kier molecular flexibility index (Phi) is 4.39. The lowest BCUT2D eigenvalue weighted by Crippen LogP contribution is -2.41. The van der Waals surface area contributed by atoms with Crippen LogP contribution in [0, 0.1) is 5.92 Å². The molecule has 1 fully saturated rings. The van der Waals surface area contributed by atoms with Gasteiger partial charge in [-0.3, -0.25) is 4.79 Å². The van der Waals surface area contributed by atoms with Gasteiger partial charge in [0.15, 0.2) is 5.78 Å². The van der Waals surface area contributed by atoms with E-state index in [1.54, 1.807) is 18.2 Å². The number of alkyl halides is 3. The summed E-state index contributed by atoms with van der Waals surface area (Å²) in [6.07, 6.45) is -2.57. The number of aliphatic hydroxyl groups is 1. The highest BCUT2D eigenvalue weighted by Gasteiger charge is 2.60. The molecule has 148 valence electrons. The molecular formula is C22H22F3NO2. The van der Waals surface area contributed by atoms with E-state index in [-0.39, 0.29) is 28.4 Å². The third kappa shape index (κ3) is 2.70. The van der Waals surface area contributed by atoms with Crippen molar-refractivity contribution in [1.82, 2.24) is 4.90 Å². The molecule has 3 atom stereocenters. The summed E-state index contributed by atoms with van der Waals surface area (Å²) in [5, 5.41) is 10.8. The number of ketones is 1. The zero-order valence-electron chi connectivity index (χ0n) is 15.8. The standard InChI is InChI=1S/C22H22F3NO2/c1-26(2)15-9-7-13(11-15)20(27)14-8-10-17-16-5-3-4-6-18(16)21(28,19(17)12-14)22(23,24)25/h3-6,8,10,12-13,15,28H,7,9,11H2,1-2H3. The van der Waals surface area contributed by atoms with Gasteiger partial charge in [0.25, 0.3) is 0 Å². The van der Waals surface area contributed by atoms with Gasteiger partial charge in [-0.05, 0) is 50.6 Å². The van der Waals surface area contributed by atoms with E-state index in [1.807, 2.05) is 14.1 Å². The van der Waals surface area contributed by atoms with E-state index in [4.69, 9.17) is 0 Å². The molecule has 0 aromatic heterocycles. The zero-order valence-corrected chi connectivity index (χ0v) is 15.8. The van der Waals surface area contributed by atoms with Crippen molar-refractivity contribution in [3.05, 3.63) is 59.2 Å². The maximum Gasteiger partial charge on any atom is 0.425 e. The third-order valence-electron chi connectivity index (χ3n) is 6.22. The SMILES string of the molecule is CN(C)C1CCC(C(=O)c2ccc3c(c2)C(O)(C(F)(F)F)c2ccccc2-3)C1. The second kappa shape index (κ2) is 6.42. The van der Waals surface area contributed by atoms with Crippen molar-refractivity contribution in [2.75, 3.05) is 14.1 Å². The highest BCUT2D eigenvalue weighted by atomic mass is 19.4. The summed E-state index contributed by atoms with van der Waals surface area (Å²) in [7, 11) is 3.93. The van der Waals surface area contributed by atoms with E-state index in [0.29, 0.717) is 23.6 Å². The predicted molar refractivity (Wildman–Crippen MR) is 100 cm³/mol. The zero-order chi connectivity index (χ0) is 20.3. The number of rotatable bonds is 3. The van der Waals surface area contributed by atoms with Crippen molar-refractivity contribution in [2.24, 2.45) is 5.92 Å². The van der Waals surface area contributed by atoms with Crippen LogP contribution in [0.1, 0.15) is 40.7 Å². The van der Waals surface area contributed by atoms with Crippen molar-refractivity contribution >= 4 is 5.78 Å². The van der Waals surface area contributed by atoms with Gasteiger partial charge < -0.3 is 10.0 Å². The first kappa shape index (κ1) is 19.2. The average Bonchev–Trinajstić information content (AvgIpc) is 3.24. The molecular weight excluding hydrogens is 367 g/mol.